The van der Waals surface area contributed by atoms with Gasteiger partial charge in [-0.2, -0.15) is 0 Å². The maximum atomic E-state index is 11.1. The molecule has 0 saturated carbocycles. The zero-order chi connectivity index (χ0) is 10.1. The third-order valence-corrected chi connectivity index (χ3v) is 1.82. The lowest BCUT2D eigenvalue weighted by molar-refractivity contribution is -0.121. The van der Waals surface area contributed by atoms with Crippen LogP contribution < -0.4 is 10.6 Å². The number of amides is 1. The molecule has 0 aliphatic heterocycles. The van der Waals surface area contributed by atoms with Crippen LogP contribution in [0, 0.1) is 0 Å². The summed E-state index contributed by atoms with van der Waals surface area (Å²) in [4.78, 5) is 11.1. The van der Waals surface area contributed by atoms with Gasteiger partial charge in [-0.15, -0.1) is 0 Å². The molecule has 13 heavy (non-hydrogen) atoms. The van der Waals surface area contributed by atoms with Gasteiger partial charge < -0.3 is 15.4 Å². The Morgan fingerprint density at radius 1 is 1.54 bits per heavy atom. The molecule has 0 aromatic heterocycles. The standard InChI is InChI=1S/C9H20N2O2/c1-8(13-3)7-11-9(12)5-4-6-10-2/h8,10H,4-7H2,1-3H3,(H,11,12). The van der Waals surface area contributed by atoms with Crippen molar-refractivity contribution in [3.63, 3.8) is 0 Å². The van der Waals surface area contributed by atoms with E-state index in [-0.39, 0.29) is 12.0 Å². The van der Waals surface area contributed by atoms with Crippen molar-refractivity contribution in [1.82, 2.24) is 10.6 Å². The fourth-order valence-corrected chi connectivity index (χ4v) is 0.855. The van der Waals surface area contributed by atoms with E-state index in [0.717, 1.165) is 13.0 Å². The molecule has 0 aliphatic rings. The Labute approximate surface area is 80.0 Å². The smallest absolute Gasteiger partial charge is 0.220 e. The van der Waals surface area contributed by atoms with E-state index < -0.39 is 0 Å². The normalized spacial score (nSPS) is 12.5. The fourth-order valence-electron chi connectivity index (χ4n) is 0.855. The van der Waals surface area contributed by atoms with Crippen molar-refractivity contribution in [3.8, 4) is 0 Å². The average Bonchev–Trinajstić information content (AvgIpc) is 2.14. The first kappa shape index (κ1) is 12.4. The lowest BCUT2D eigenvalue weighted by atomic mass is 10.3. The van der Waals surface area contributed by atoms with Gasteiger partial charge in [-0.3, -0.25) is 4.79 Å². The molecule has 78 valence electrons. The fraction of sp³-hybridized carbons (Fsp3) is 0.889. The molecule has 0 heterocycles. The first-order valence-corrected chi connectivity index (χ1v) is 4.64. The van der Waals surface area contributed by atoms with Gasteiger partial charge in [0.05, 0.1) is 6.10 Å². The highest BCUT2D eigenvalue weighted by Gasteiger charge is 2.03. The Morgan fingerprint density at radius 3 is 2.77 bits per heavy atom. The first-order valence-electron chi connectivity index (χ1n) is 4.64. The van der Waals surface area contributed by atoms with E-state index >= 15 is 0 Å². The maximum absolute atomic E-state index is 11.1. The van der Waals surface area contributed by atoms with Crippen LogP contribution in [0.4, 0.5) is 0 Å². The average molecular weight is 188 g/mol. The Morgan fingerprint density at radius 2 is 2.23 bits per heavy atom. The molecular weight excluding hydrogens is 168 g/mol. The quantitative estimate of drug-likeness (QED) is 0.559. The molecule has 1 amide bonds. The van der Waals surface area contributed by atoms with Crippen LogP contribution >= 0.6 is 0 Å². The molecule has 0 fully saturated rings. The third kappa shape index (κ3) is 7.74. The van der Waals surface area contributed by atoms with Crippen LogP contribution in [0.2, 0.25) is 0 Å². The second-order valence-electron chi connectivity index (χ2n) is 3.06. The maximum Gasteiger partial charge on any atom is 0.220 e. The largest absolute Gasteiger partial charge is 0.380 e. The van der Waals surface area contributed by atoms with E-state index in [0.29, 0.717) is 13.0 Å². The molecule has 0 aromatic rings. The first-order chi connectivity index (χ1) is 6.20. The Balaban J connectivity index is 3.30. The number of ether oxygens (including phenoxy) is 1. The van der Waals surface area contributed by atoms with Crippen LogP contribution in [-0.4, -0.2) is 39.3 Å². The summed E-state index contributed by atoms with van der Waals surface area (Å²) in [6, 6.07) is 0. The predicted molar refractivity (Wildman–Crippen MR) is 52.6 cm³/mol. The van der Waals surface area contributed by atoms with Gasteiger partial charge in [0, 0.05) is 20.1 Å². The number of hydrogen-bond acceptors (Lipinski definition) is 3. The molecule has 0 aliphatic carbocycles. The molecule has 0 saturated heterocycles. The topological polar surface area (TPSA) is 50.4 Å². The van der Waals surface area contributed by atoms with Gasteiger partial charge in [0.2, 0.25) is 5.91 Å². The summed E-state index contributed by atoms with van der Waals surface area (Å²) in [5, 5.41) is 5.79. The summed E-state index contributed by atoms with van der Waals surface area (Å²) < 4.78 is 5.00. The van der Waals surface area contributed by atoms with Crippen molar-refractivity contribution in [3.05, 3.63) is 0 Å². The van der Waals surface area contributed by atoms with Crippen LogP contribution in [0.15, 0.2) is 0 Å². The molecule has 2 N–H and O–H groups in total. The lowest BCUT2D eigenvalue weighted by Crippen LogP contribution is -2.31. The monoisotopic (exact) mass is 188 g/mol. The number of rotatable bonds is 7. The van der Waals surface area contributed by atoms with E-state index in [1.54, 1.807) is 7.11 Å². The number of carbonyl (C=O) groups excluding carboxylic acids is 1. The summed E-state index contributed by atoms with van der Waals surface area (Å²) in [5.41, 5.74) is 0. The van der Waals surface area contributed by atoms with E-state index in [4.69, 9.17) is 4.74 Å². The predicted octanol–water partition coefficient (Wildman–Crippen LogP) is 0.137. The number of carbonyl (C=O) groups is 1. The van der Waals surface area contributed by atoms with Gasteiger partial charge in [-0.1, -0.05) is 0 Å². The molecule has 4 nitrogen and oxygen atoms in total. The van der Waals surface area contributed by atoms with E-state index in [2.05, 4.69) is 10.6 Å². The van der Waals surface area contributed by atoms with Gasteiger partial charge in [-0.05, 0) is 26.9 Å². The van der Waals surface area contributed by atoms with Gasteiger partial charge in [0.15, 0.2) is 0 Å². The highest BCUT2D eigenvalue weighted by atomic mass is 16.5. The van der Waals surface area contributed by atoms with E-state index in [1.807, 2.05) is 14.0 Å². The zero-order valence-corrected chi connectivity index (χ0v) is 8.72. The lowest BCUT2D eigenvalue weighted by Gasteiger charge is -2.10. The molecule has 1 atom stereocenters. The van der Waals surface area contributed by atoms with Gasteiger partial charge >= 0.3 is 0 Å². The second kappa shape index (κ2) is 8.01. The molecule has 0 aromatic carbocycles. The molecule has 0 bridgehead atoms. The van der Waals surface area contributed by atoms with Crippen LogP contribution in [0.1, 0.15) is 19.8 Å². The summed E-state index contributed by atoms with van der Waals surface area (Å²) >= 11 is 0. The highest BCUT2D eigenvalue weighted by molar-refractivity contribution is 5.75. The number of hydrogen-bond donors (Lipinski definition) is 2. The van der Waals surface area contributed by atoms with Crippen molar-refractivity contribution >= 4 is 5.91 Å². The highest BCUT2D eigenvalue weighted by Crippen LogP contribution is 1.88. The van der Waals surface area contributed by atoms with E-state index in [1.165, 1.54) is 0 Å². The summed E-state index contributed by atoms with van der Waals surface area (Å²) in [6.45, 7) is 3.40. The Hall–Kier alpha value is -0.610. The minimum Gasteiger partial charge on any atom is -0.380 e. The number of nitrogens with one attached hydrogen (secondary N) is 2. The van der Waals surface area contributed by atoms with E-state index in [9.17, 15) is 4.79 Å². The molecular formula is C9H20N2O2. The van der Waals surface area contributed by atoms with Crippen LogP contribution in [0.5, 0.6) is 0 Å². The molecule has 4 heteroatoms. The second-order valence-corrected chi connectivity index (χ2v) is 3.06. The minimum atomic E-state index is 0.0910. The molecule has 1 unspecified atom stereocenters. The van der Waals surface area contributed by atoms with Crippen molar-refractivity contribution in [2.24, 2.45) is 0 Å². The summed E-state index contributed by atoms with van der Waals surface area (Å²) in [6.07, 6.45) is 1.55. The van der Waals surface area contributed by atoms with Crippen LogP contribution in [0.3, 0.4) is 0 Å². The van der Waals surface area contributed by atoms with Crippen LogP contribution in [0.25, 0.3) is 0 Å². The van der Waals surface area contributed by atoms with Gasteiger partial charge in [0.1, 0.15) is 0 Å². The molecule has 0 spiro atoms. The zero-order valence-electron chi connectivity index (χ0n) is 8.72. The van der Waals surface area contributed by atoms with Crippen LogP contribution in [-0.2, 0) is 9.53 Å². The molecule has 0 radical (unpaired) electrons. The minimum absolute atomic E-state index is 0.0910. The van der Waals surface area contributed by atoms with Crippen molar-refractivity contribution in [2.75, 3.05) is 27.2 Å². The van der Waals surface area contributed by atoms with Crippen molar-refractivity contribution in [1.29, 1.82) is 0 Å². The van der Waals surface area contributed by atoms with Gasteiger partial charge in [0.25, 0.3) is 0 Å². The van der Waals surface area contributed by atoms with Crippen molar-refractivity contribution < 1.29 is 9.53 Å². The Bertz CT molecular complexity index is 140. The van der Waals surface area contributed by atoms with Gasteiger partial charge in [-0.25, -0.2) is 0 Å². The molecule has 0 rings (SSSR count). The summed E-state index contributed by atoms with van der Waals surface area (Å²) in [5.74, 6) is 0.0964. The third-order valence-electron chi connectivity index (χ3n) is 1.82. The number of methoxy groups -OCH3 is 1. The van der Waals surface area contributed by atoms with Crippen molar-refractivity contribution in [2.45, 2.75) is 25.9 Å². The Kier molecular flexibility index (Phi) is 7.63. The SMILES string of the molecule is CNCCCC(=O)NCC(C)OC. The summed E-state index contributed by atoms with van der Waals surface area (Å²) in [7, 11) is 3.52.